The normalized spacial score (nSPS) is 20.0. The highest BCUT2D eigenvalue weighted by atomic mass is 32.1. The van der Waals surface area contributed by atoms with Crippen LogP contribution in [0.2, 0.25) is 0 Å². The van der Waals surface area contributed by atoms with Crippen molar-refractivity contribution in [2.75, 3.05) is 19.7 Å². The van der Waals surface area contributed by atoms with Crippen molar-refractivity contribution in [3.63, 3.8) is 0 Å². The molecule has 1 aliphatic rings. The molecule has 2 rings (SSSR count). The molecular formula is C11H13N3O2S. The molecule has 0 radical (unpaired) electrons. The summed E-state index contributed by atoms with van der Waals surface area (Å²) in [4.78, 5) is 18.0. The summed E-state index contributed by atoms with van der Waals surface area (Å²) in [6.45, 7) is 1.41. The first kappa shape index (κ1) is 11.9. The maximum Gasteiger partial charge on any atom is 0.255 e. The van der Waals surface area contributed by atoms with E-state index < -0.39 is 0 Å². The lowest BCUT2D eigenvalue weighted by Gasteiger charge is -2.32. The fourth-order valence-electron chi connectivity index (χ4n) is 1.68. The van der Waals surface area contributed by atoms with Gasteiger partial charge in [0.2, 0.25) is 0 Å². The molecule has 17 heavy (non-hydrogen) atoms. The third kappa shape index (κ3) is 2.78. The molecule has 1 aromatic heterocycles. The number of pyridine rings is 1. The van der Waals surface area contributed by atoms with Crippen LogP contribution in [0.5, 0.6) is 0 Å². The first-order chi connectivity index (χ1) is 8.18. The molecule has 0 spiro atoms. The molecule has 6 heteroatoms. The number of morpholine rings is 1. The topological polar surface area (TPSA) is 68.5 Å². The molecule has 0 aromatic carbocycles. The molecule has 2 heterocycles. The van der Waals surface area contributed by atoms with Crippen LogP contribution in [0.25, 0.3) is 0 Å². The SMILES string of the molecule is NC(=S)C1CN(C(=O)c2cccnc2)CCO1. The second kappa shape index (κ2) is 5.20. The number of aromatic nitrogens is 1. The lowest BCUT2D eigenvalue weighted by Crippen LogP contribution is -2.49. The smallest absolute Gasteiger partial charge is 0.255 e. The maximum absolute atomic E-state index is 12.1. The van der Waals surface area contributed by atoms with E-state index >= 15 is 0 Å². The van der Waals surface area contributed by atoms with Crippen LogP contribution in [0.1, 0.15) is 10.4 Å². The van der Waals surface area contributed by atoms with Gasteiger partial charge >= 0.3 is 0 Å². The summed E-state index contributed by atoms with van der Waals surface area (Å²) in [6.07, 6.45) is 2.83. The molecule has 1 aromatic rings. The summed E-state index contributed by atoms with van der Waals surface area (Å²) in [5.74, 6) is -0.0670. The monoisotopic (exact) mass is 251 g/mol. The van der Waals surface area contributed by atoms with E-state index in [1.54, 1.807) is 29.4 Å². The van der Waals surface area contributed by atoms with Crippen LogP contribution in [-0.4, -0.2) is 46.6 Å². The first-order valence-electron chi connectivity index (χ1n) is 5.28. The van der Waals surface area contributed by atoms with E-state index in [1.807, 2.05) is 0 Å². The minimum atomic E-state index is -0.348. The summed E-state index contributed by atoms with van der Waals surface area (Å²) in [5.41, 5.74) is 6.09. The van der Waals surface area contributed by atoms with Crippen LogP contribution in [0.15, 0.2) is 24.5 Å². The second-order valence-corrected chi connectivity index (χ2v) is 4.23. The van der Waals surface area contributed by atoms with Gasteiger partial charge in [-0.15, -0.1) is 0 Å². The molecular weight excluding hydrogens is 238 g/mol. The molecule has 0 aliphatic carbocycles. The third-order valence-corrected chi connectivity index (χ3v) is 2.84. The summed E-state index contributed by atoms with van der Waals surface area (Å²) in [5, 5.41) is 0. The summed E-state index contributed by atoms with van der Waals surface area (Å²) in [7, 11) is 0. The van der Waals surface area contributed by atoms with Crippen LogP contribution in [0, 0.1) is 0 Å². The zero-order valence-electron chi connectivity index (χ0n) is 9.20. The molecule has 90 valence electrons. The Labute approximate surface area is 105 Å². The fraction of sp³-hybridized carbons (Fsp3) is 0.364. The van der Waals surface area contributed by atoms with Crippen molar-refractivity contribution in [3.05, 3.63) is 30.1 Å². The fourth-order valence-corrected chi connectivity index (χ4v) is 1.82. The van der Waals surface area contributed by atoms with Crippen molar-refractivity contribution in [3.8, 4) is 0 Å². The Hall–Kier alpha value is -1.53. The number of ether oxygens (including phenoxy) is 1. The Morgan fingerprint density at radius 1 is 1.65 bits per heavy atom. The Kier molecular flexibility index (Phi) is 3.65. The van der Waals surface area contributed by atoms with Gasteiger partial charge < -0.3 is 15.4 Å². The molecule has 5 nitrogen and oxygen atoms in total. The number of rotatable bonds is 2. The van der Waals surface area contributed by atoms with Gasteiger partial charge in [-0.2, -0.15) is 0 Å². The van der Waals surface area contributed by atoms with Gasteiger partial charge in [-0.25, -0.2) is 0 Å². The molecule has 0 saturated carbocycles. The lowest BCUT2D eigenvalue weighted by atomic mass is 10.2. The number of hydrogen-bond acceptors (Lipinski definition) is 4. The van der Waals surface area contributed by atoms with E-state index in [0.717, 1.165) is 0 Å². The quantitative estimate of drug-likeness (QED) is 0.761. The van der Waals surface area contributed by atoms with E-state index in [2.05, 4.69) is 4.98 Å². The highest BCUT2D eigenvalue weighted by molar-refractivity contribution is 7.80. The Bertz CT molecular complexity index is 424. The average molecular weight is 251 g/mol. The lowest BCUT2D eigenvalue weighted by molar-refractivity contribution is 0.00876. The van der Waals surface area contributed by atoms with E-state index in [-0.39, 0.29) is 17.0 Å². The van der Waals surface area contributed by atoms with Crippen LogP contribution in [0.4, 0.5) is 0 Å². The van der Waals surface area contributed by atoms with Crippen LogP contribution in [-0.2, 0) is 4.74 Å². The second-order valence-electron chi connectivity index (χ2n) is 3.75. The molecule has 1 amide bonds. The number of nitrogens with zero attached hydrogens (tertiary/aromatic N) is 2. The molecule has 1 fully saturated rings. The van der Waals surface area contributed by atoms with Gasteiger partial charge in [0.1, 0.15) is 11.1 Å². The number of carbonyl (C=O) groups is 1. The van der Waals surface area contributed by atoms with Crippen molar-refractivity contribution in [1.29, 1.82) is 0 Å². The summed E-state index contributed by atoms with van der Waals surface area (Å²) >= 11 is 4.87. The predicted molar refractivity (Wildman–Crippen MR) is 66.7 cm³/mol. The molecule has 0 bridgehead atoms. The minimum absolute atomic E-state index is 0.0670. The predicted octanol–water partition coefficient (Wildman–Crippen LogP) is 0.209. The van der Waals surface area contributed by atoms with Crippen molar-refractivity contribution in [1.82, 2.24) is 9.88 Å². The van der Waals surface area contributed by atoms with E-state index in [9.17, 15) is 4.79 Å². The van der Waals surface area contributed by atoms with Gasteiger partial charge in [-0.05, 0) is 12.1 Å². The standard InChI is InChI=1S/C11H13N3O2S/c12-10(17)9-7-14(4-5-16-9)11(15)8-2-1-3-13-6-8/h1-3,6,9H,4-5,7H2,(H2,12,17). The maximum atomic E-state index is 12.1. The molecule has 1 atom stereocenters. The van der Waals surface area contributed by atoms with Gasteiger partial charge in [0, 0.05) is 18.9 Å². The Balaban J connectivity index is 2.07. The number of thiocarbonyl (C=S) groups is 1. The minimum Gasteiger partial charge on any atom is -0.391 e. The average Bonchev–Trinajstić information content (AvgIpc) is 2.39. The summed E-state index contributed by atoms with van der Waals surface area (Å²) < 4.78 is 5.38. The highest BCUT2D eigenvalue weighted by Gasteiger charge is 2.26. The summed E-state index contributed by atoms with van der Waals surface area (Å²) in [6, 6.07) is 3.47. The van der Waals surface area contributed by atoms with Crippen LogP contribution < -0.4 is 5.73 Å². The van der Waals surface area contributed by atoms with Crippen molar-refractivity contribution >= 4 is 23.1 Å². The van der Waals surface area contributed by atoms with Crippen molar-refractivity contribution in [2.45, 2.75) is 6.10 Å². The van der Waals surface area contributed by atoms with E-state index in [0.29, 0.717) is 25.3 Å². The van der Waals surface area contributed by atoms with Gasteiger partial charge in [-0.1, -0.05) is 12.2 Å². The zero-order chi connectivity index (χ0) is 12.3. The Morgan fingerprint density at radius 3 is 3.12 bits per heavy atom. The Morgan fingerprint density at radius 2 is 2.47 bits per heavy atom. The highest BCUT2D eigenvalue weighted by Crippen LogP contribution is 2.10. The van der Waals surface area contributed by atoms with Gasteiger partial charge in [0.25, 0.3) is 5.91 Å². The van der Waals surface area contributed by atoms with Crippen LogP contribution >= 0.6 is 12.2 Å². The largest absolute Gasteiger partial charge is 0.391 e. The van der Waals surface area contributed by atoms with E-state index in [1.165, 1.54) is 0 Å². The third-order valence-electron chi connectivity index (χ3n) is 2.58. The molecule has 1 unspecified atom stereocenters. The van der Waals surface area contributed by atoms with E-state index in [4.69, 9.17) is 22.7 Å². The van der Waals surface area contributed by atoms with Gasteiger partial charge in [0.05, 0.1) is 18.7 Å². The van der Waals surface area contributed by atoms with Crippen LogP contribution in [0.3, 0.4) is 0 Å². The molecule has 1 aliphatic heterocycles. The van der Waals surface area contributed by atoms with Crippen molar-refractivity contribution < 1.29 is 9.53 Å². The zero-order valence-corrected chi connectivity index (χ0v) is 10.0. The number of carbonyl (C=O) groups excluding carboxylic acids is 1. The number of amides is 1. The van der Waals surface area contributed by atoms with Crippen molar-refractivity contribution in [2.24, 2.45) is 5.73 Å². The number of nitrogens with two attached hydrogens (primary N) is 1. The van der Waals surface area contributed by atoms with Gasteiger partial charge in [-0.3, -0.25) is 9.78 Å². The van der Waals surface area contributed by atoms with Gasteiger partial charge in [0.15, 0.2) is 0 Å². The number of hydrogen-bond donors (Lipinski definition) is 1. The molecule has 2 N–H and O–H groups in total. The molecule has 1 saturated heterocycles. The first-order valence-corrected chi connectivity index (χ1v) is 5.69.